The van der Waals surface area contributed by atoms with Crippen LogP contribution in [0.4, 0.5) is 14.5 Å². The molecule has 0 aliphatic heterocycles. The van der Waals surface area contributed by atoms with Gasteiger partial charge < -0.3 is 11.1 Å². The van der Waals surface area contributed by atoms with Gasteiger partial charge in [0.05, 0.1) is 17.1 Å². The molecule has 5 nitrogen and oxygen atoms in total. The van der Waals surface area contributed by atoms with Gasteiger partial charge in [-0.15, -0.1) is 0 Å². The molecule has 3 N–H and O–H groups in total. The third-order valence-corrected chi connectivity index (χ3v) is 3.22. The van der Waals surface area contributed by atoms with Crippen LogP contribution < -0.4 is 11.1 Å². The van der Waals surface area contributed by atoms with E-state index in [9.17, 15) is 13.6 Å². The molecular weight excluding hydrogens is 278 g/mol. The van der Waals surface area contributed by atoms with E-state index in [1.54, 1.807) is 13.8 Å². The number of halogens is 2. The van der Waals surface area contributed by atoms with Crippen molar-refractivity contribution in [1.82, 2.24) is 15.1 Å². The smallest absolute Gasteiger partial charge is 0.242 e. The number of nitrogens with one attached hydrogen (secondary N) is 1. The van der Waals surface area contributed by atoms with Gasteiger partial charge in [0.2, 0.25) is 5.91 Å². The lowest BCUT2D eigenvalue weighted by atomic mass is 10.2. The summed E-state index contributed by atoms with van der Waals surface area (Å²) in [6.07, 6.45) is 0. The Bertz CT molecular complexity index is 682. The van der Waals surface area contributed by atoms with Crippen molar-refractivity contribution in [3.63, 3.8) is 0 Å². The normalized spacial score (nSPS) is 10.7. The van der Waals surface area contributed by atoms with Gasteiger partial charge in [0.25, 0.3) is 0 Å². The van der Waals surface area contributed by atoms with Crippen LogP contribution >= 0.6 is 0 Å². The third kappa shape index (κ3) is 3.36. The van der Waals surface area contributed by atoms with E-state index in [1.807, 2.05) is 0 Å². The Kier molecular flexibility index (Phi) is 4.21. The first-order chi connectivity index (χ1) is 9.88. The van der Waals surface area contributed by atoms with E-state index >= 15 is 0 Å². The Labute approximate surface area is 120 Å². The second-order valence-corrected chi connectivity index (χ2v) is 4.75. The van der Waals surface area contributed by atoms with E-state index in [-0.39, 0.29) is 24.6 Å². The molecule has 1 amide bonds. The second kappa shape index (κ2) is 5.90. The summed E-state index contributed by atoms with van der Waals surface area (Å²) < 4.78 is 27.7. The zero-order chi connectivity index (χ0) is 15.6. The average Bonchev–Trinajstić information content (AvgIpc) is 2.65. The van der Waals surface area contributed by atoms with Gasteiger partial charge >= 0.3 is 0 Å². The highest BCUT2D eigenvalue weighted by Crippen LogP contribution is 2.14. The predicted molar refractivity (Wildman–Crippen MR) is 74.3 cm³/mol. The summed E-state index contributed by atoms with van der Waals surface area (Å²) in [5.41, 5.74) is 7.91. The Morgan fingerprint density at radius 1 is 1.38 bits per heavy atom. The topological polar surface area (TPSA) is 72.9 Å². The highest BCUT2D eigenvalue weighted by molar-refractivity contribution is 5.75. The molecular formula is C14H16F2N4O. The van der Waals surface area contributed by atoms with E-state index in [0.717, 1.165) is 12.1 Å². The number of benzene rings is 1. The van der Waals surface area contributed by atoms with Crippen molar-refractivity contribution in [2.45, 2.75) is 26.9 Å². The lowest BCUT2D eigenvalue weighted by Gasteiger charge is -2.08. The third-order valence-electron chi connectivity index (χ3n) is 3.22. The first-order valence-corrected chi connectivity index (χ1v) is 6.38. The van der Waals surface area contributed by atoms with Gasteiger partial charge in [0.15, 0.2) is 0 Å². The Morgan fingerprint density at radius 3 is 2.67 bits per heavy atom. The number of hydrogen-bond acceptors (Lipinski definition) is 3. The molecule has 2 aromatic rings. The van der Waals surface area contributed by atoms with Crippen LogP contribution in [0.2, 0.25) is 0 Å². The number of aromatic nitrogens is 2. The van der Waals surface area contributed by atoms with Gasteiger partial charge in [-0.2, -0.15) is 5.10 Å². The van der Waals surface area contributed by atoms with Gasteiger partial charge in [-0.1, -0.05) is 6.07 Å². The fourth-order valence-electron chi connectivity index (χ4n) is 1.92. The van der Waals surface area contributed by atoms with Gasteiger partial charge in [0, 0.05) is 18.2 Å². The van der Waals surface area contributed by atoms with Crippen molar-refractivity contribution in [3.8, 4) is 0 Å². The predicted octanol–water partition coefficient (Wildman–Crippen LogP) is 1.68. The van der Waals surface area contributed by atoms with Gasteiger partial charge in [-0.3, -0.25) is 9.48 Å². The number of hydrogen-bond donors (Lipinski definition) is 2. The maximum Gasteiger partial charge on any atom is 0.242 e. The fourth-order valence-corrected chi connectivity index (χ4v) is 1.92. The van der Waals surface area contributed by atoms with Crippen molar-refractivity contribution in [1.29, 1.82) is 0 Å². The molecule has 0 spiro atoms. The largest absolute Gasteiger partial charge is 0.396 e. The van der Waals surface area contributed by atoms with Gasteiger partial charge in [-0.25, -0.2) is 8.78 Å². The van der Waals surface area contributed by atoms with Crippen LogP contribution in [0.15, 0.2) is 18.2 Å². The van der Waals surface area contributed by atoms with Crippen LogP contribution in [-0.2, 0) is 17.9 Å². The molecule has 1 aromatic heterocycles. The van der Waals surface area contributed by atoms with E-state index in [1.165, 1.54) is 10.7 Å². The number of rotatable bonds is 4. The van der Waals surface area contributed by atoms with Gasteiger partial charge in [-0.05, 0) is 19.9 Å². The average molecular weight is 294 g/mol. The Morgan fingerprint density at radius 2 is 2.10 bits per heavy atom. The molecule has 1 aromatic carbocycles. The van der Waals surface area contributed by atoms with Crippen molar-refractivity contribution < 1.29 is 13.6 Å². The summed E-state index contributed by atoms with van der Waals surface area (Å²) in [6.45, 7) is 3.50. The van der Waals surface area contributed by atoms with Crippen LogP contribution in [0.5, 0.6) is 0 Å². The number of carbonyl (C=O) groups is 1. The molecule has 112 valence electrons. The van der Waals surface area contributed by atoms with E-state index in [2.05, 4.69) is 10.4 Å². The van der Waals surface area contributed by atoms with Crippen LogP contribution in [-0.4, -0.2) is 15.7 Å². The van der Waals surface area contributed by atoms with Crippen molar-refractivity contribution in [2.75, 3.05) is 5.73 Å². The minimum absolute atomic E-state index is 0.00725. The van der Waals surface area contributed by atoms with E-state index < -0.39 is 11.6 Å². The van der Waals surface area contributed by atoms with Crippen LogP contribution in [0.3, 0.4) is 0 Å². The molecule has 0 saturated heterocycles. The molecule has 0 bridgehead atoms. The lowest BCUT2D eigenvalue weighted by molar-refractivity contribution is -0.122. The fraction of sp³-hybridized carbons (Fsp3) is 0.286. The van der Waals surface area contributed by atoms with E-state index in [0.29, 0.717) is 17.1 Å². The molecule has 0 fully saturated rings. The van der Waals surface area contributed by atoms with Crippen molar-refractivity contribution >= 4 is 11.6 Å². The molecule has 0 atom stereocenters. The molecule has 0 unspecified atom stereocenters. The zero-order valence-electron chi connectivity index (χ0n) is 11.8. The minimum atomic E-state index is -0.689. The number of nitrogens with two attached hydrogens (primary N) is 1. The minimum Gasteiger partial charge on any atom is -0.396 e. The standard InChI is InChI=1S/C14H16F2N4O/c1-8-14(17)9(2)20(19-8)7-13(21)18-6-10-3-4-11(15)5-12(10)16/h3-5H,6-7,17H2,1-2H3,(H,18,21). The quantitative estimate of drug-likeness (QED) is 0.901. The Hall–Kier alpha value is -2.44. The second-order valence-electron chi connectivity index (χ2n) is 4.75. The highest BCUT2D eigenvalue weighted by atomic mass is 19.1. The first-order valence-electron chi connectivity index (χ1n) is 6.38. The van der Waals surface area contributed by atoms with Crippen LogP contribution in [0, 0.1) is 25.5 Å². The molecule has 7 heteroatoms. The maximum absolute atomic E-state index is 13.4. The van der Waals surface area contributed by atoms with Crippen molar-refractivity contribution in [3.05, 3.63) is 46.8 Å². The summed E-state index contributed by atoms with van der Waals surface area (Å²) >= 11 is 0. The van der Waals surface area contributed by atoms with Crippen molar-refractivity contribution in [2.24, 2.45) is 0 Å². The Balaban J connectivity index is 1.97. The number of nitrogens with zero attached hydrogens (tertiary/aromatic N) is 2. The molecule has 2 rings (SSSR count). The number of anilines is 1. The molecule has 0 saturated carbocycles. The summed E-state index contributed by atoms with van der Waals surface area (Å²) in [4.78, 5) is 11.8. The summed E-state index contributed by atoms with van der Waals surface area (Å²) in [6, 6.07) is 3.22. The lowest BCUT2D eigenvalue weighted by Crippen LogP contribution is -2.28. The zero-order valence-corrected chi connectivity index (χ0v) is 11.8. The number of aryl methyl sites for hydroxylation is 1. The number of carbonyl (C=O) groups excluding carboxylic acids is 1. The highest BCUT2D eigenvalue weighted by Gasteiger charge is 2.12. The van der Waals surface area contributed by atoms with Crippen LogP contribution in [0.1, 0.15) is 17.0 Å². The molecule has 0 radical (unpaired) electrons. The monoisotopic (exact) mass is 294 g/mol. The summed E-state index contributed by atoms with van der Waals surface area (Å²) in [7, 11) is 0. The number of amides is 1. The summed E-state index contributed by atoms with van der Waals surface area (Å²) in [5.74, 6) is -1.67. The molecule has 1 heterocycles. The maximum atomic E-state index is 13.4. The first kappa shape index (κ1) is 15.0. The van der Waals surface area contributed by atoms with E-state index in [4.69, 9.17) is 5.73 Å². The molecule has 21 heavy (non-hydrogen) atoms. The molecule has 0 aliphatic carbocycles. The SMILES string of the molecule is Cc1nn(CC(=O)NCc2ccc(F)cc2F)c(C)c1N. The van der Waals surface area contributed by atoms with Gasteiger partial charge in [0.1, 0.15) is 18.2 Å². The number of nitrogen functional groups attached to an aromatic ring is 1. The molecule has 0 aliphatic rings. The van der Waals surface area contributed by atoms with Crippen LogP contribution in [0.25, 0.3) is 0 Å². The summed E-state index contributed by atoms with van der Waals surface area (Å²) in [5, 5.41) is 6.70.